The lowest BCUT2D eigenvalue weighted by atomic mass is 9.94. The maximum atomic E-state index is 11.0. The number of phosphoric acid groups is 1. The summed E-state index contributed by atoms with van der Waals surface area (Å²) in [5, 5.41) is 9.31. The van der Waals surface area contributed by atoms with Crippen LogP contribution in [0.25, 0.3) is 0 Å². The standard InChI is InChI=1S/C14H21O6P/c1-8-4-5-11(10(3)9(8)2)12-6-13(14(7-15)19-12)20-21(16,17)18/h4-5,12-15H,6-7H2,1-3H3,(H2,16,17,18)/t12-,13+,14-/m1/s1. The predicted molar refractivity (Wildman–Crippen MR) is 76.9 cm³/mol. The Kier molecular flexibility index (Phi) is 4.88. The van der Waals surface area contributed by atoms with Crippen molar-refractivity contribution in [1.82, 2.24) is 0 Å². The Balaban J connectivity index is 2.23. The van der Waals surface area contributed by atoms with Crippen molar-refractivity contribution in [3.8, 4) is 0 Å². The molecule has 3 N–H and O–H groups in total. The van der Waals surface area contributed by atoms with Crippen LogP contribution in [0.15, 0.2) is 12.1 Å². The molecule has 7 heteroatoms. The lowest BCUT2D eigenvalue weighted by molar-refractivity contribution is -0.0222. The van der Waals surface area contributed by atoms with Crippen LogP contribution < -0.4 is 0 Å². The van der Waals surface area contributed by atoms with Crippen LogP contribution in [0.3, 0.4) is 0 Å². The van der Waals surface area contributed by atoms with Gasteiger partial charge in [0.25, 0.3) is 0 Å². The second kappa shape index (κ2) is 6.16. The van der Waals surface area contributed by atoms with Gasteiger partial charge < -0.3 is 19.6 Å². The summed E-state index contributed by atoms with van der Waals surface area (Å²) < 4.78 is 21.4. The van der Waals surface area contributed by atoms with E-state index in [2.05, 4.69) is 0 Å². The first-order valence-electron chi connectivity index (χ1n) is 6.80. The van der Waals surface area contributed by atoms with E-state index in [1.165, 1.54) is 5.56 Å². The van der Waals surface area contributed by atoms with Crippen LogP contribution in [-0.2, 0) is 13.8 Å². The zero-order valence-electron chi connectivity index (χ0n) is 12.3. The van der Waals surface area contributed by atoms with Crippen molar-refractivity contribution in [2.45, 2.75) is 45.5 Å². The zero-order valence-corrected chi connectivity index (χ0v) is 13.2. The minimum absolute atomic E-state index is 0.305. The third kappa shape index (κ3) is 3.72. The Labute approximate surface area is 124 Å². The van der Waals surface area contributed by atoms with E-state index in [1.807, 2.05) is 32.9 Å². The first kappa shape index (κ1) is 16.6. The van der Waals surface area contributed by atoms with Crippen molar-refractivity contribution < 1.29 is 28.7 Å². The molecule has 0 aromatic heterocycles. The summed E-state index contributed by atoms with van der Waals surface area (Å²) in [7, 11) is -4.60. The number of phosphoric ester groups is 1. The van der Waals surface area contributed by atoms with E-state index in [0.29, 0.717) is 6.42 Å². The molecular weight excluding hydrogens is 295 g/mol. The quantitative estimate of drug-likeness (QED) is 0.734. The average molecular weight is 316 g/mol. The van der Waals surface area contributed by atoms with Crippen molar-refractivity contribution in [2.24, 2.45) is 0 Å². The molecule has 1 saturated heterocycles. The van der Waals surface area contributed by atoms with E-state index < -0.39 is 20.0 Å². The summed E-state index contributed by atoms with van der Waals surface area (Å²) in [6, 6.07) is 3.95. The number of aryl methyl sites for hydroxylation is 1. The fraction of sp³-hybridized carbons (Fsp3) is 0.571. The summed E-state index contributed by atoms with van der Waals surface area (Å²) in [5.74, 6) is 0. The number of aliphatic hydroxyl groups excluding tert-OH is 1. The van der Waals surface area contributed by atoms with Gasteiger partial charge in [0, 0.05) is 6.42 Å². The van der Waals surface area contributed by atoms with Crippen LogP contribution in [0.4, 0.5) is 0 Å². The number of hydrogen-bond acceptors (Lipinski definition) is 4. The van der Waals surface area contributed by atoms with Gasteiger partial charge in [-0.1, -0.05) is 12.1 Å². The van der Waals surface area contributed by atoms with Gasteiger partial charge in [0.15, 0.2) is 0 Å². The van der Waals surface area contributed by atoms with Gasteiger partial charge in [-0.25, -0.2) is 4.57 Å². The SMILES string of the molecule is Cc1ccc([C@H]2C[C@H](OP(=O)(O)O)[C@@H](CO)O2)c(C)c1C. The minimum Gasteiger partial charge on any atom is -0.394 e. The molecule has 1 aliphatic rings. The zero-order chi connectivity index (χ0) is 15.8. The van der Waals surface area contributed by atoms with E-state index in [0.717, 1.165) is 16.7 Å². The van der Waals surface area contributed by atoms with Gasteiger partial charge in [0.05, 0.1) is 12.7 Å². The second-order valence-electron chi connectivity index (χ2n) is 5.44. The van der Waals surface area contributed by atoms with E-state index in [1.54, 1.807) is 0 Å². The van der Waals surface area contributed by atoms with Crippen molar-refractivity contribution in [3.05, 3.63) is 34.4 Å². The molecule has 0 spiro atoms. The van der Waals surface area contributed by atoms with E-state index >= 15 is 0 Å². The van der Waals surface area contributed by atoms with Crippen LogP contribution in [-0.4, -0.2) is 33.7 Å². The largest absolute Gasteiger partial charge is 0.469 e. The second-order valence-corrected chi connectivity index (χ2v) is 6.63. The number of aliphatic hydroxyl groups is 1. The summed E-state index contributed by atoms with van der Waals surface area (Å²) >= 11 is 0. The Morgan fingerprint density at radius 1 is 1.29 bits per heavy atom. The van der Waals surface area contributed by atoms with Gasteiger partial charge in [0.1, 0.15) is 12.2 Å². The van der Waals surface area contributed by atoms with Gasteiger partial charge in [-0.15, -0.1) is 0 Å². The normalized spacial score (nSPS) is 26.3. The first-order valence-corrected chi connectivity index (χ1v) is 8.33. The summed E-state index contributed by atoms with van der Waals surface area (Å²) in [6.07, 6.45) is -1.58. The molecule has 1 fully saturated rings. The fourth-order valence-corrected chi connectivity index (χ4v) is 3.27. The molecule has 1 heterocycles. The van der Waals surface area contributed by atoms with Crippen LogP contribution >= 0.6 is 7.82 Å². The number of ether oxygens (including phenoxy) is 1. The van der Waals surface area contributed by atoms with Gasteiger partial charge in [-0.3, -0.25) is 4.52 Å². The summed E-state index contributed by atoms with van der Waals surface area (Å²) in [4.78, 5) is 17.9. The smallest absolute Gasteiger partial charge is 0.394 e. The lowest BCUT2D eigenvalue weighted by Crippen LogP contribution is -2.26. The Bertz CT molecular complexity index is 567. The minimum atomic E-state index is -4.60. The summed E-state index contributed by atoms with van der Waals surface area (Å²) in [6.45, 7) is 5.70. The highest BCUT2D eigenvalue weighted by Crippen LogP contribution is 2.45. The molecule has 3 atom stereocenters. The average Bonchev–Trinajstić information content (AvgIpc) is 2.76. The number of benzene rings is 1. The number of rotatable bonds is 4. The van der Waals surface area contributed by atoms with Crippen molar-refractivity contribution in [2.75, 3.05) is 6.61 Å². The lowest BCUT2D eigenvalue weighted by Gasteiger charge is -2.17. The maximum Gasteiger partial charge on any atom is 0.469 e. The Morgan fingerprint density at radius 3 is 2.52 bits per heavy atom. The third-order valence-electron chi connectivity index (χ3n) is 4.10. The first-order chi connectivity index (χ1) is 9.73. The third-order valence-corrected chi connectivity index (χ3v) is 4.64. The number of hydrogen-bond donors (Lipinski definition) is 3. The molecule has 0 radical (unpaired) electrons. The van der Waals surface area contributed by atoms with E-state index in [4.69, 9.17) is 19.0 Å². The molecule has 0 aliphatic carbocycles. The molecule has 1 aromatic rings. The van der Waals surface area contributed by atoms with Crippen molar-refractivity contribution >= 4 is 7.82 Å². The highest BCUT2D eigenvalue weighted by molar-refractivity contribution is 7.46. The molecule has 2 rings (SSSR count). The Hall–Kier alpha value is -0.750. The van der Waals surface area contributed by atoms with Gasteiger partial charge in [-0.2, -0.15) is 0 Å². The Morgan fingerprint density at radius 2 is 1.95 bits per heavy atom. The van der Waals surface area contributed by atoms with Gasteiger partial charge in [-0.05, 0) is 43.0 Å². The van der Waals surface area contributed by atoms with Gasteiger partial charge >= 0.3 is 7.82 Å². The van der Waals surface area contributed by atoms with Crippen molar-refractivity contribution in [1.29, 1.82) is 0 Å². The highest BCUT2D eigenvalue weighted by Gasteiger charge is 2.40. The molecular formula is C14H21O6P. The molecule has 21 heavy (non-hydrogen) atoms. The van der Waals surface area contributed by atoms with Crippen molar-refractivity contribution in [3.63, 3.8) is 0 Å². The fourth-order valence-electron chi connectivity index (χ4n) is 2.69. The predicted octanol–water partition coefficient (Wildman–Crippen LogP) is 1.91. The van der Waals surface area contributed by atoms with Crippen LogP contribution in [0.1, 0.15) is 34.8 Å². The molecule has 0 saturated carbocycles. The molecule has 1 aromatic carbocycles. The van der Waals surface area contributed by atoms with Gasteiger partial charge in [0.2, 0.25) is 0 Å². The highest BCUT2D eigenvalue weighted by atomic mass is 31.2. The molecule has 0 bridgehead atoms. The molecule has 1 aliphatic heterocycles. The van der Waals surface area contributed by atoms with Crippen LogP contribution in [0.2, 0.25) is 0 Å². The molecule has 0 amide bonds. The van der Waals surface area contributed by atoms with Crippen LogP contribution in [0.5, 0.6) is 0 Å². The molecule has 118 valence electrons. The van der Waals surface area contributed by atoms with E-state index in [9.17, 15) is 9.67 Å². The molecule has 0 unspecified atom stereocenters. The van der Waals surface area contributed by atoms with Crippen LogP contribution in [0, 0.1) is 20.8 Å². The maximum absolute atomic E-state index is 11.0. The monoisotopic (exact) mass is 316 g/mol. The topological polar surface area (TPSA) is 96.2 Å². The van der Waals surface area contributed by atoms with E-state index in [-0.39, 0.29) is 12.7 Å². The summed E-state index contributed by atoms with van der Waals surface area (Å²) in [5.41, 5.74) is 4.40. The molecule has 6 nitrogen and oxygen atoms in total.